The average Bonchev–Trinajstić information content (AvgIpc) is 3.16. The van der Waals surface area contributed by atoms with E-state index in [9.17, 15) is 10.2 Å². The number of rotatable bonds is 10. The molecule has 4 N–H and O–H groups in total. The molecule has 0 spiro atoms. The van der Waals surface area contributed by atoms with Gasteiger partial charge in [-0.25, -0.2) is 0 Å². The summed E-state index contributed by atoms with van der Waals surface area (Å²) in [5.41, 5.74) is 9.51. The highest BCUT2D eigenvalue weighted by Gasteiger charge is 2.43. The molecule has 0 bridgehead atoms. The van der Waals surface area contributed by atoms with E-state index in [2.05, 4.69) is 37.3 Å². The average molecular weight is 384 g/mol. The lowest BCUT2D eigenvalue weighted by molar-refractivity contribution is 0.140. The maximum absolute atomic E-state index is 10.5. The molecule has 5 atom stereocenters. The molecule has 0 amide bonds. The summed E-state index contributed by atoms with van der Waals surface area (Å²) < 4.78 is 0. The van der Waals surface area contributed by atoms with E-state index in [4.69, 9.17) is 5.73 Å². The molecule has 28 heavy (non-hydrogen) atoms. The van der Waals surface area contributed by atoms with Gasteiger partial charge in [0, 0.05) is 12.3 Å². The first kappa shape index (κ1) is 21.3. The second kappa shape index (κ2) is 10.4. The summed E-state index contributed by atoms with van der Waals surface area (Å²) in [6.07, 6.45) is 14.3. The van der Waals surface area contributed by atoms with Crippen LogP contribution in [-0.4, -0.2) is 29.0 Å². The number of hydrogen-bond acceptors (Lipinski definition) is 3. The van der Waals surface area contributed by atoms with Gasteiger partial charge in [0.05, 0.1) is 12.2 Å². The zero-order valence-corrected chi connectivity index (χ0v) is 17.3. The topological polar surface area (TPSA) is 66.5 Å². The van der Waals surface area contributed by atoms with E-state index in [1.54, 1.807) is 5.57 Å². The monoisotopic (exact) mass is 383 g/mol. The van der Waals surface area contributed by atoms with Gasteiger partial charge in [0.2, 0.25) is 0 Å². The molecule has 2 aliphatic carbocycles. The number of benzene rings is 1. The van der Waals surface area contributed by atoms with Crippen LogP contribution in [0, 0.1) is 24.7 Å². The predicted molar refractivity (Wildman–Crippen MR) is 116 cm³/mol. The molecule has 3 heteroatoms. The Morgan fingerprint density at radius 1 is 1.21 bits per heavy atom. The summed E-state index contributed by atoms with van der Waals surface area (Å²) in [5.74, 6) is 1.19. The maximum Gasteiger partial charge on any atom is 0.0761 e. The fourth-order valence-electron chi connectivity index (χ4n) is 5.05. The van der Waals surface area contributed by atoms with E-state index < -0.39 is 6.10 Å². The summed E-state index contributed by atoms with van der Waals surface area (Å²) >= 11 is 0. The van der Waals surface area contributed by atoms with E-state index in [0.717, 1.165) is 31.4 Å². The predicted octanol–water partition coefficient (Wildman–Crippen LogP) is 4.31. The minimum atomic E-state index is -0.496. The van der Waals surface area contributed by atoms with Gasteiger partial charge in [-0.05, 0) is 63.0 Å². The van der Waals surface area contributed by atoms with Gasteiger partial charge in [0.1, 0.15) is 0 Å². The number of aliphatic hydroxyl groups excluding tert-OH is 2. The summed E-state index contributed by atoms with van der Waals surface area (Å²) in [4.78, 5) is 0. The molecule has 3 nitrogen and oxygen atoms in total. The molecule has 2 aliphatic rings. The molecule has 1 fully saturated rings. The number of allylic oxidation sites excluding steroid dienone is 2. The fourth-order valence-corrected chi connectivity index (χ4v) is 5.05. The first-order chi connectivity index (χ1) is 13.6. The number of nitrogens with two attached hydrogens (primary N) is 1. The minimum absolute atomic E-state index is 0.170. The van der Waals surface area contributed by atoms with E-state index in [0.29, 0.717) is 18.3 Å². The van der Waals surface area contributed by atoms with Crippen molar-refractivity contribution in [1.29, 1.82) is 0 Å². The van der Waals surface area contributed by atoms with Gasteiger partial charge < -0.3 is 15.9 Å². The fraction of sp³-hybridized carbons (Fsp3) is 0.600. The zero-order valence-electron chi connectivity index (χ0n) is 17.3. The van der Waals surface area contributed by atoms with Crippen LogP contribution >= 0.6 is 0 Å². The van der Waals surface area contributed by atoms with Crippen LogP contribution in [0.1, 0.15) is 56.1 Å². The zero-order chi connectivity index (χ0) is 19.9. The van der Waals surface area contributed by atoms with Crippen molar-refractivity contribution in [3.8, 4) is 0 Å². The third kappa shape index (κ3) is 5.79. The highest BCUT2D eigenvalue weighted by molar-refractivity contribution is 5.24. The van der Waals surface area contributed by atoms with Crippen molar-refractivity contribution in [2.45, 2.75) is 70.5 Å². The van der Waals surface area contributed by atoms with Crippen LogP contribution in [0.25, 0.3) is 0 Å². The van der Waals surface area contributed by atoms with Gasteiger partial charge in [-0.15, -0.1) is 0 Å². The largest absolute Gasteiger partial charge is 0.392 e. The molecular weight excluding hydrogens is 346 g/mol. The summed E-state index contributed by atoms with van der Waals surface area (Å²) in [6, 6.07) is 8.29. The Hall–Kier alpha value is -1.42. The van der Waals surface area contributed by atoms with Gasteiger partial charge in [0.15, 0.2) is 0 Å². The molecular formula is C25H37NO2. The molecule has 0 heterocycles. The van der Waals surface area contributed by atoms with Gasteiger partial charge in [-0.1, -0.05) is 66.5 Å². The third-order valence-electron chi connectivity index (χ3n) is 6.48. The smallest absolute Gasteiger partial charge is 0.0761 e. The molecule has 3 rings (SSSR count). The first-order valence-corrected chi connectivity index (χ1v) is 11.1. The Bertz CT molecular complexity index is 681. The first-order valence-electron chi connectivity index (χ1n) is 11.1. The Labute approximate surface area is 170 Å². The summed E-state index contributed by atoms with van der Waals surface area (Å²) in [5, 5.41) is 20.9. The van der Waals surface area contributed by atoms with Crippen LogP contribution in [0.5, 0.6) is 0 Å². The van der Waals surface area contributed by atoms with Crippen LogP contribution in [0.2, 0.25) is 0 Å². The van der Waals surface area contributed by atoms with E-state index in [1.807, 2.05) is 12.1 Å². The molecule has 0 saturated heterocycles. The Balaban J connectivity index is 1.49. The van der Waals surface area contributed by atoms with Crippen molar-refractivity contribution < 1.29 is 10.2 Å². The van der Waals surface area contributed by atoms with E-state index in [1.165, 1.54) is 31.2 Å². The molecule has 0 aliphatic heterocycles. The second-order valence-electron chi connectivity index (χ2n) is 8.84. The normalized spacial score (nSPS) is 27.9. The van der Waals surface area contributed by atoms with Gasteiger partial charge >= 0.3 is 0 Å². The van der Waals surface area contributed by atoms with Crippen molar-refractivity contribution in [3.05, 3.63) is 59.2 Å². The maximum atomic E-state index is 10.5. The molecule has 0 unspecified atom stereocenters. The molecule has 1 aromatic rings. The lowest BCUT2D eigenvalue weighted by Gasteiger charge is -2.19. The standard InChI is InChI=1S/C25H37NO2/c1-18-7-6-9-19(13-18)15-22(27)10-11-23-24-16-20(8-4-2-3-5-12-26)14-21(24)17-25(23)28/h6-7,9-11,13-14,21-25,27-28H,2-5,8,12,15-17,26H2,1H3/b11-10+/t21-,22+,23+,24-,25+/m0/s1. The molecule has 1 aromatic carbocycles. The van der Waals surface area contributed by atoms with Crippen LogP contribution in [0.4, 0.5) is 0 Å². The highest BCUT2D eigenvalue weighted by atomic mass is 16.3. The number of aryl methyl sites for hydroxylation is 1. The molecule has 0 radical (unpaired) electrons. The summed E-state index contributed by atoms with van der Waals surface area (Å²) in [6.45, 7) is 2.87. The lowest BCUT2D eigenvalue weighted by atomic mass is 9.88. The van der Waals surface area contributed by atoms with Crippen molar-refractivity contribution in [1.82, 2.24) is 0 Å². The number of fused-ring (bicyclic) bond motifs is 1. The summed E-state index contributed by atoms with van der Waals surface area (Å²) in [7, 11) is 0. The SMILES string of the molecule is Cc1cccc(C[C@H](O)/C=C/[C@@H]2[C@H]3CC(CCCCCCN)=C[C@H]3C[C@H]2O)c1. The minimum Gasteiger partial charge on any atom is -0.392 e. The number of unbranched alkanes of at least 4 members (excludes halogenated alkanes) is 3. The third-order valence-corrected chi connectivity index (χ3v) is 6.48. The van der Waals surface area contributed by atoms with Gasteiger partial charge in [-0.3, -0.25) is 0 Å². The van der Waals surface area contributed by atoms with Crippen molar-refractivity contribution in [2.24, 2.45) is 23.5 Å². The van der Waals surface area contributed by atoms with Gasteiger partial charge in [-0.2, -0.15) is 0 Å². The lowest BCUT2D eigenvalue weighted by Crippen LogP contribution is -2.18. The highest BCUT2D eigenvalue weighted by Crippen LogP contribution is 2.48. The van der Waals surface area contributed by atoms with Crippen molar-refractivity contribution in [3.63, 3.8) is 0 Å². The quantitative estimate of drug-likeness (QED) is 0.417. The van der Waals surface area contributed by atoms with E-state index in [-0.39, 0.29) is 12.0 Å². The van der Waals surface area contributed by atoms with Crippen LogP contribution in [0.15, 0.2) is 48.1 Å². The van der Waals surface area contributed by atoms with Crippen LogP contribution < -0.4 is 5.73 Å². The molecule has 1 saturated carbocycles. The van der Waals surface area contributed by atoms with Crippen LogP contribution in [-0.2, 0) is 6.42 Å². The Morgan fingerprint density at radius 2 is 2.04 bits per heavy atom. The van der Waals surface area contributed by atoms with Gasteiger partial charge in [0.25, 0.3) is 0 Å². The molecule has 0 aromatic heterocycles. The number of aliphatic hydroxyl groups is 2. The van der Waals surface area contributed by atoms with Crippen LogP contribution in [0.3, 0.4) is 0 Å². The van der Waals surface area contributed by atoms with Crippen molar-refractivity contribution >= 4 is 0 Å². The van der Waals surface area contributed by atoms with Crippen molar-refractivity contribution in [2.75, 3.05) is 6.54 Å². The Morgan fingerprint density at radius 3 is 2.82 bits per heavy atom. The molecule has 154 valence electrons. The van der Waals surface area contributed by atoms with E-state index >= 15 is 0 Å². The Kier molecular flexibility index (Phi) is 7.90. The number of hydrogen-bond donors (Lipinski definition) is 3. The second-order valence-corrected chi connectivity index (χ2v) is 8.84.